The molecule has 17 heavy (non-hydrogen) atoms. The average molecular weight is 247 g/mol. The lowest BCUT2D eigenvalue weighted by Crippen LogP contribution is -1.96. The second kappa shape index (κ2) is 4.68. The van der Waals surface area contributed by atoms with Crippen molar-refractivity contribution >= 4 is 28.7 Å². The van der Waals surface area contributed by atoms with Gasteiger partial charge in [0.2, 0.25) is 0 Å². The first-order valence-corrected chi connectivity index (χ1v) is 5.83. The van der Waals surface area contributed by atoms with Crippen LogP contribution in [0, 0.1) is 13.8 Å². The van der Waals surface area contributed by atoms with E-state index in [-0.39, 0.29) is 0 Å². The van der Waals surface area contributed by atoms with Crippen molar-refractivity contribution in [3.05, 3.63) is 52.5 Å². The zero-order chi connectivity index (χ0) is 12.4. The summed E-state index contributed by atoms with van der Waals surface area (Å²) in [6.07, 6.45) is 0. The van der Waals surface area contributed by atoms with Crippen LogP contribution in [0.1, 0.15) is 11.1 Å². The van der Waals surface area contributed by atoms with E-state index in [9.17, 15) is 0 Å². The summed E-state index contributed by atoms with van der Waals surface area (Å²) in [5.74, 6) is 0. The molecule has 0 atom stereocenters. The molecule has 0 aliphatic carbocycles. The van der Waals surface area contributed by atoms with Crippen molar-refractivity contribution in [2.75, 3.05) is 11.1 Å². The average Bonchev–Trinajstić information content (AvgIpc) is 2.29. The summed E-state index contributed by atoms with van der Waals surface area (Å²) < 4.78 is 0. The molecule has 0 spiro atoms. The van der Waals surface area contributed by atoms with Crippen molar-refractivity contribution in [2.45, 2.75) is 13.8 Å². The van der Waals surface area contributed by atoms with Gasteiger partial charge in [0, 0.05) is 10.7 Å². The van der Waals surface area contributed by atoms with Gasteiger partial charge in [-0.05, 0) is 55.3 Å². The van der Waals surface area contributed by atoms with Gasteiger partial charge >= 0.3 is 0 Å². The second-order valence-corrected chi connectivity index (χ2v) is 4.59. The number of aryl methyl sites for hydroxylation is 2. The summed E-state index contributed by atoms with van der Waals surface area (Å²) in [6, 6.07) is 11.6. The Morgan fingerprint density at radius 2 is 1.76 bits per heavy atom. The molecule has 88 valence electrons. The van der Waals surface area contributed by atoms with Gasteiger partial charge in [-0.3, -0.25) is 0 Å². The number of anilines is 3. The Kier molecular flexibility index (Phi) is 3.25. The standard InChI is InChI=1S/C14H15ClN2/c1-9-3-5-12(7-10(9)2)17-14-8-11(15)4-6-13(14)16/h3-8,17H,16H2,1-2H3. The first-order valence-electron chi connectivity index (χ1n) is 5.45. The molecule has 0 aromatic heterocycles. The Balaban J connectivity index is 2.31. The fraction of sp³-hybridized carbons (Fsp3) is 0.143. The zero-order valence-electron chi connectivity index (χ0n) is 9.92. The third-order valence-corrected chi connectivity index (χ3v) is 3.04. The maximum atomic E-state index is 5.94. The van der Waals surface area contributed by atoms with Crippen molar-refractivity contribution < 1.29 is 0 Å². The van der Waals surface area contributed by atoms with Crippen LogP contribution in [0.4, 0.5) is 17.1 Å². The quantitative estimate of drug-likeness (QED) is 0.776. The summed E-state index contributed by atoms with van der Waals surface area (Å²) in [6.45, 7) is 4.18. The number of hydrogen-bond donors (Lipinski definition) is 2. The van der Waals surface area contributed by atoms with Gasteiger partial charge < -0.3 is 11.1 Å². The molecule has 0 fully saturated rings. The Labute approximate surface area is 106 Å². The molecular formula is C14H15ClN2. The van der Waals surface area contributed by atoms with Crippen molar-refractivity contribution in [3.63, 3.8) is 0 Å². The maximum Gasteiger partial charge on any atom is 0.0632 e. The largest absolute Gasteiger partial charge is 0.397 e. The molecule has 0 aliphatic rings. The van der Waals surface area contributed by atoms with E-state index >= 15 is 0 Å². The topological polar surface area (TPSA) is 38.0 Å². The third-order valence-electron chi connectivity index (χ3n) is 2.80. The predicted molar refractivity (Wildman–Crippen MR) is 75.1 cm³/mol. The molecule has 0 amide bonds. The summed E-state index contributed by atoms with van der Waals surface area (Å²) in [5.41, 5.74) is 10.9. The first kappa shape index (κ1) is 11.8. The lowest BCUT2D eigenvalue weighted by molar-refractivity contribution is 1.34. The van der Waals surface area contributed by atoms with Gasteiger partial charge in [-0.1, -0.05) is 17.7 Å². The molecule has 0 heterocycles. The van der Waals surface area contributed by atoms with Gasteiger partial charge in [-0.15, -0.1) is 0 Å². The van der Waals surface area contributed by atoms with Gasteiger partial charge in [0.05, 0.1) is 11.4 Å². The van der Waals surface area contributed by atoms with Gasteiger partial charge in [-0.25, -0.2) is 0 Å². The van der Waals surface area contributed by atoms with E-state index in [1.807, 2.05) is 12.1 Å². The Morgan fingerprint density at radius 1 is 1.00 bits per heavy atom. The molecule has 0 saturated heterocycles. The maximum absolute atomic E-state index is 5.94. The Bertz CT molecular complexity index is 550. The SMILES string of the molecule is Cc1ccc(Nc2cc(Cl)ccc2N)cc1C. The number of benzene rings is 2. The summed E-state index contributed by atoms with van der Waals surface area (Å²) >= 11 is 5.94. The fourth-order valence-corrected chi connectivity index (χ4v) is 1.78. The molecule has 2 aromatic carbocycles. The highest BCUT2D eigenvalue weighted by Crippen LogP contribution is 2.27. The molecule has 0 bridgehead atoms. The highest BCUT2D eigenvalue weighted by Gasteiger charge is 2.02. The normalized spacial score (nSPS) is 10.3. The minimum atomic E-state index is 0.672. The molecule has 2 aromatic rings. The fourth-order valence-electron chi connectivity index (χ4n) is 1.61. The van der Waals surface area contributed by atoms with E-state index in [1.165, 1.54) is 11.1 Å². The molecule has 0 radical (unpaired) electrons. The van der Waals surface area contributed by atoms with Crippen LogP contribution in [-0.2, 0) is 0 Å². The number of nitrogens with one attached hydrogen (secondary N) is 1. The van der Waals surface area contributed by atoms with E-state index in [0.29, 0.717) is 10.7 Å². The van der Waals surface area contributed by atoms with E-state index in [1.54, 1.807) is 12.1 Å². The first-order chi connectivity index (χ1) is 8.06. The molecule has 2 nitrogen and oxygen atoms in total. The summed E-state index contributed by atoms with van der Waals surface area (Å²) in [5, 5.41) is 3.94. The molecule has 3 heteroatoms. The van der Waals surface area contributed by atoms with Crippen LogP contribution in [-0.4, -0.2) is 0 Å². The lowest BCUT2D eigenvalue weighted by Gasteiger charge is -2.11. The van der Waals surface area contributed by atoms with Crippen molar-refractivity contribution in [2.24, 2.45) is 0 Å². The number of hydrogen-bond acceptors (Lipinski definition) is 2. The van der Waals surface area contributed by atoms with Gasteiger partial charge in [0.25, 0.3) is 0 Å². The lowest BCUT2D eigenvalue weighted by atomic mass is 10.1. The van der Waals surface area contributed by atoms with Crippen LogP contribution in [0.2, 0.25) is 5.02 Å². The van der Waals surface area contributed by atoms with Crippen LogP contribution in [0.15, 0.2) is 36.4 Å². The van der Waals surface area contributed by atoms with Crippen LogP contribution in [0.25, 0.3) is 0 Å². The highest BCUT2D eigenvalue weighted by atomic mass is 35.5. The van der Waals surface area contributed by atoms with Crippen molar-refractivity contribution in [3.8, 4) is 0 Å². The van der Waals surface area contributed by atoms with Crippen LogP contribution >= 0.6 is 11.6 Å². The minimum absolute atomic E-state index is 0.672. The number of rotatable bonds is 2. The van der Waals surface area contributed by atoms with Gasteiger partial charge in [0.15, 0.2) is 0 Å². The molecule has 0 aliphatic heterocycles. The Morgan fingerprint density at radius 3 is 2.47 bits per heavy atom. The number of nitrogens with two attached hydrogens (primary N) is 1. The summed E-state index contributed by atoms with van der Waals surface area (Å²) in [7, 11) is 0. The molecule has 3 N–H and O–H groups in total. The van der Waals surface area contributed by atoms with Crippen molar-refractivity contribution in [1.29, 1.82) is 0 Å². The number of nitrogen functional groups attached to an aromatic ring is 1. The van der Waals surface area contributed by atoms with E-state index in [4.69, 9.17) is 17.3 Å². The predicted octanol–water partition coefficient (Wildman–Crippen LogP) is 4.28. The zero-order valence-corrected chi connectivity index (χ0v) is 10.7. The second-order valence-electron chi connectivity index (χ2n) is 4.16. The minimum Gasteiger partial charge on any atom is -0.397 e. The van der Waals surface area contributed by atoms with E-state index in [0.717, 1.165) is 11.4 Å². The smallest absolute Gasteiger partial charge is 0.0632 e. The van der Waals surface area contributed by atoms with Crippen LogP contribution < -0.4 is 11.1 Å². The Hall–Kier alpha value is -1.67. The van der Waals surface area contributed by atoms with E-state index < -0.39 is 0 Å². The van der Waals surface area contributed by atoms with Gasteiger partial charge in [0.1, 0.15) is 0 Å². The molecule has 2 rings (SSSR count). The van der Waals surface area contributed by atoms with E-state index in [2.05, 4.69) is 31.3 Å². The monoisotopic (exact) mass is 246 g/mol. The molecule has 0 unspecified atom stereocenters. The van der Waals surface area contributed by atoms with Crippen LogP contribution in [0.5, 0.6) is 0 Å². The molecule has 0 saturated carbocycles. The molecular weight excluding hydrogens is 232 g/mol. The van der Waals surface area contributed by atoms with Crippen molar-refractivity contribution in [1.82, 2.24) is 0 Å². The highest BCUT2D eigenvalue weighted by molar-refractivity contribution is 6.31. The summed E-state index contributed by atoms with van der Waals surface area (Å²) in [4.78, 5) is 0. The third kappa shape index (κ3) is 2.71. The number of halogens is 1. The van der Waals surface area contributed by atoms with Crippen LogP contribution in [0.3, 0.4) is 0 Å². The van der Waals surface area contributed by atoms with Gasteiger partial charge in [-0.2, -0.15) is 0 Å².